The van der Waals surface area contributed by atoms with Crippen molar-refractivity contribution in [3.05, 3.63) is 30.0 Å². The molecule has 1 rings (SSSR count). The fourth-order valence-corrected chi connectivity index (χ4v) is 1.50. The highest BCUT2D eigenvalue weighted by molar-refractivity contribution is 6.07. The van der Waals surface area contributed by atoms with Gasteiger partial charge in [-0.2, -0.15) is 5.26 Å². The molecule has 0 radical (unpaired) electrons. The lowest BCUT2D eigenvalue weighted by Crippen LogP contribution is -2.20. The summed E-state index contributed by atoms with van der Waals surface area (Å²) in [5, 5.41) is 14.6. The summed E-state index contributed by atoms with van der Waals surface area (Å²) in [5.74, 6) is 0.546. The van der Waals surface area contributed by atoms with Crippen LogP contribution in [0, 0.1) is 11.3 Å². The number of ether oxygens (including phenoxy) is 2. The lowest BCUT2D eigenvalue weighted by molar-refractivity contribution is -0.112. The van der Waals surface area contributed by atoms with Crippen LogP contribution in [0.5, 0.6) is 11.5 Å². The number of rotatable bonds is 6. The molecule has 0 aromatic heterocycles. The van der Waals surface area contributed by atoms with Crippen molar-refractivity contribution in [1.82, 2.24) is 5.32 Å². The Balaban J connectivity index is 2.96. The van der Waals surface area contributed by atoms with Crippen molar-refractivity contribution in [2.45, 2.75) is 19.9 Å². The maximum absolute atomic E-state index is 12.1. The monoisotopic (exact) mass is 289 g/mol. The molecule has 0 heterocycles. The van der Waals surface area contributed by atoms with Crippen molar-refractivity contribution in [1.29, 1.82) is 5.26 Å². The van der Waals surface area contributed by atoms with Crippen LogP contribution >= 0.6 is 0 Å². The number of benzene rings is 1. The van der Waals surface area contributed by atoms with Crippen LogP contribution in [0.3, 0.4) is 0 Å². The zero-order valence-corrected chi connectivity index (χ0v) is 12.6. The first-order valence-electron chi connectivity index (χ1n) is 6.41. The van der Waals surface area contributed by atoms with Gasteiger partial charge in [-0.1, -0.05) is 0 Å². The average molecular weight is 289 g/mol. The molecule has 0 atom stereocenters. The molecule has 6 nitrogen and oxygen atoms in total. The molecule has 1 aromatic carbocycles. The normalized spacial score (nSPS) is 10.8. The Labute approximate surface area is 124 Å². The van der Waals surface area contributed by atoms with Crippen molar-refractivity contribution in [3.63, 3.8) is 0 Å². The molecule has 0 aliphatic rings. The van der Waals surface area contributed by atoms with Crippen LogP contribution in [0.1, 0.15) is 13.8 Å². The molecule has 1 amide bonds. The van der Waals surface area contributed by atoms with Crippen molar-refractivity contribution in [2.24, 2.45) is 0 Å². The SMILES string of the molecule is COc1ccc(OC)c(NC(=O)/C(C#N)=C\NC(C)C)c1. The Morgan fingerprint density at radius 3 is 2.57 bits per heavy atom. The molecule has 112 valence electrons. The molecule has 0 saturated carbocycles. The van der Waals surface area contributed by atoms with Gasteiger partial charge in [0.2, 0.25) is 0 Å². The number of carbonyl (C=O) groups excluding carboxylic acids is 1. The molecule has 0 bridgehead atoms. The van der Waals surface area contributed by atoms with E-state index >= 15 is 0 Å². The summed E-state index contributed by atoms with van der Waals surface area (Å²) in [7, 11) is 3.03. The molecule has 6 heteroatoms. The fraction of sp³-hybridized carbons (Fsp3) is 0.333. The smallest absolute Gasteiger partial charge is 0.267 e. The summed E-state index contributed by atoms with van der Waals surface area (Å²) in [6.07, 6.45) is 1.40. The van der Waals surface area contributed by atoms with Gasteiger partial charge >= 0.3 is 0 Å². The van der Waals surface area contributed by atoms with E-state index in [0.29, 0.717) is 17.2 Å². The summed E-state index contributed by atoms with van der Waals surface area (Å²) < 4.78 is 10.3. The molecule has 0 aliphatic carbocycles. The number of hydrogen-bond acceptors (Lipinski definition) is 5. The van der Waals surface area contributed by atoms with Gasteiger partial charge in [0.05, 0.1) is 19.9 Å². The van der Waals surface area contributed by atoms with Gasteiger partial charge in [0, 0.05) is 18.3 Å². The van der Waals surface area contributed by atoms with Gasteiger partial charge in [-0.25, -0.2) is 0 Å². The first-order valence-corrected chi connectivity index (χ1v) is 6.41. The Bertz CT molecular complexity index is 574. The van der Waals surface area contributed by atoms with Gasteiger partial charge in [-0.3, -0.25) is 4.79 Å². The number of nitrogens with zero attached hydrogens (tertiary/aromatic N) is 1. The molecule has 0 unspecified atom stereocenters. The molecular weight excluding hydrogens is 270 g/mol. The third kappa shape index (κ3) is 4.73. The summed E-state index contributed by atoms with van der Waals surface area (Å²) in [6.45, 7) is 3.82. The van der Waals surface area contributed by atoms with E-state index in [9.17, 15) is 4.79 Å². The van der Waals surface area contributed by atoms with E-state index in [2.05, 4.69) is 10.6 Å². The Morgan fingerprint density at radius 1 is 1.33 bits per heavy atom. The van der Waals surface area contributed by atoms with Crippen molar-refractivity contribution in [2.75, 3.05) is 19.5 Å². The number of methoxy groups -OCH3 is 2. The topological polar surface area (TPSA) is 83.4 Å². The summed E-state index contributed by atoms with van der Waals surface area (Å²) in [5.41, 5.74) is 0.418. The minimum absolute atomic E-state index is 0.0198. The Morgan fingerprint density at radius 2 is 2.05 bits per heavy atom. The highest BCUT2D eigenvalue weighted by Gasteiger charge is 2.13. The summed E-state index contributed by atoms with van der Waals surface area (Å²) in [4.78, 5) is 12.1. The predicted octanol–water partition coefficient (Wildman–Crippen LogP) is 2.05. The van der Waals surface area contributed by atoms with Crippen LogP contribution in [-0.4, -0.2) is 26.2 Å². The summed E-state index contributed by atoms with van der Waals surface area (Å²) in [6, 6.07) is 7.01. The van der Waals surface area contributed by atoms with Gasteiger partial charge in [-0.15, -0.1) is 0 Å². The van der Waals surface area contributed by atoms with Gasteiger partial charge in [-0.05, 0) is 26.0 Å². The molecule has 0 aliphatic heterocycles. The second-order valence-corrected chi connectivity index (χ2v) is 4.51. The van der Waals surface area contributed by atoms with E-state index in [1.54, 1.807) is 18.2 Å². The number of nitriles is 1. The van der Waals surface area contributed by atoms with Gasteiger partial charge < -0.3 is 20.1 Å². The van der Waals surface area contributed by atoms with E-state index in [-0.39, 0.29) is 11.6 Å². The van der Waals surface area contributed by atoms with Crippen LogP contribution in [0.15, 0.2) is 30.0 Å². The first-order chi connectivity index (χ1) is 10.0. The maximum Gasteiger partial charge on any atom is 0.267 e. The molecule has 0 saturated heterocycles. The minimum atomic E-state index is -0.516. The van der Waals surface area contributed by atoms with E-state index < -0.39 is 5.91 Å². The first kappa shape index (κ1) is 16.4. The summed E-state index contributed by atoms with van der Waals surface area (Å²) >= 11 is 0. The second-order valence-electron chi connectivity index (χ2n) is 4.51. The van der Waals surface area contributed by atoms with Gasteiger partial charge in [0.25, 0.3) is 5.91 Å². The maximum atomic E-state index is 12.1. The average Bonchev–Trinajstić information content (AvgIpc) is 2.47. The number of hydrogen-bond donors (Lipinski definition) is 2. The van der Waals surface area contributed by atoms with Crippen LogP contribution in [0.25, 0.3) is 0 Å². The zero-order valence-electron chi connectivity index (χ0n) is 12.6. The zero-order chi connectivity index (χ0) is 15.8. The number of carbonyl (C=O) groups is 1. The van der Waals surface area contributed by atoms with Gasteiger partial charge in [0.15, 0.2) is 0 Å². The third-order valence-corrected chi connectivity index (χ3v) is 2.58. The molecule has 0 spiro atoms. The molecular formula is C15H19N3O3. The van der Waals surface area contributed by atoms with Crippen LogP contribution in [0.4, 0.5) is 5.69 Å². The lowest BCUT2D eigenvalue weighted by atomic mass is 10.2. The molecule has 2 N–H and O–H groups in total. The van der Waals surface area contributed by atoms with Crippen molar-refractivity contribution >= 4 is 11.6 Å². The van der Waals surface area contributed by atoms with E-state index in [1.165, 1.54) is 20.4 Å². The van der Waals surface area contributed by atoms with Crippen molar-refractivity contribution < 1.29 is 14.3 Å². The number of anilines is 1. The van der Waals surface area contributed by atoms with E-state index in [0.717, 1.165) is 0 Å². The van der Waals surface area contributed by atoms with Crippen molar-refractivity contribution in [3.8, 4) is 17.6 Å². The number of nitrogens with one attached hydrogen (secondary N) is 2. The van der Waals surface area contributed by atoms with Crippen LogP contribution in [-0.2, 0) is 4.79 Å². The van der Waals surface area contributed by atoms with Crippen LogP contribution < -0.4 is 20.1 Å². The Hall–Kier alpha value is -2.68. The second kappa shape index (κ2) is 7.80. The lowest BCUT2D eigenvalue weighted by Gasteiger charge is -2.11. The largest absolute Gasteiger partial charge is 0.497 e. The Kier molecular flexibility index (Phi) is 6.08. The van der Waals surface area contributed by atoms with Gasteiger partial charge in [0.1, 0.15) is 23.1 Å². The number of amides is 1. The quantitative estimate of drug-likeness (QED) is 0.618. The fourth-order valence-electron chi connectivity index (χ4n) is 1.50. The van der Waals surface area contributed by atoms with E-state index in [4.69, 9.17) is 14.7 Å². The molecule has 21 heavy (non-hydrogen) atoms. The van der Waals surface area contributed by atoms with Crippen LogP contribution in [0.2, 0.25) is 0 Å². The predicted molar refractivity (Wildman–Crippen MR) is 80.1 cm³/mol. The van der Waals surface area contributed by atoms with E-state index in [1.807, 2.05) is 19.9 Å². The molecule has 0 fully saturated rings. The minimum Gasteiger partial charge on any atom is -0.497 e. The molecule has 1 aromatic rings. The standard InChI is InChI=1S/C15H19N3O3/c1-10(2)17-9-11(8-16)15(19)18-13-7-12(20-3)5-6-14(13)21-4/h5-7,9-10,17H,1-4H3,(H,18,19)/b11-9-. The highest BCUT2D eigenvalue weighted by Crippen LogP contribution is 2.29. The highest BCUT2D eigenvalue weighted by atomic mass is 16.5. The third-order valence-electron chi connectivity index (χ3n) is 2.58.